The Labute approximate surface area is 62.1 Å². The van der Waals surface area contributed by atoms with E-state index in [0.29, 0.717) is 0 Å². The van der Waals surface area contributed by atoms with Crippen LogP contribution in [0.1, 0.15) is 26.2 Å². The molecule has 0 aromatic carbocycles. The molecule has 0 spiro atoms. The molecule has 56 valence electrons. The van der Waals surface area contributed by atoms with Crippen LogP contribution >= 0.6 is 0 Å². The molecular formula is C9H14O. The highest BCUT2D eigenvalue weighted by atomic mass is 16.3. The standard InChI is InChI=1S/C9H14O/c1-3-8-5-4-6-9(2,10)7-8/h3,5,10H,1,4,6-7H2,2H3. The van der Waals surface area contributed by atoms with E-state index < -0.39 is 5.60 Å². The second kappa shape index (κ2) is 2.59. The van der Waals surface area contributed by atoms with Crippen LogP contribution in [0.2, 0.25) is 0 Å². The molecule has 0 radical (unpaired) electrons. The van der Waals surface area contributed by atoms with Crippen molar-refractivity contribution < 1.29 is 5.11 Å². The third-order valence-electron chi connectivity index (χ3n) is 1.94. The van der Waals surface area contributed by atoms with Gasteiger partial charge in [0, 0.05) is 6.42 Å². The highest BCUT2D eigenvalue weighted by Gasteiger charge is 2.23. The van der Waals surface area contributed by atoms with Crippen LogP contribution in [0.15, 0.2) is 24.3 Å². The number of hydrogen-bond acceptors (Lipinski definition) is 1. The summed E-state index contributed by atoms with van der Waals surface area (Å²) in [5.74, 6) is 0. The molecule has 1 aliphatic rings. The van der Waals surface area contributed by atoms with E-state index in [1.807, 2.05) is 13.0 Å². The fourth-order valence-corrected chi connectivity index (χ4v) is 1.32. The highest BCUT2D eigenvalue weighted by Crippen LogP contribution is 2.27. The minimum Gasteiger partial charge on any atom is -0.390 e. The average molecular weight is 138 g/mol. The molecule has 1 rings (SSSR count). The van der Waals surface area contributed by atoms with Crippen LogP contribution in [0.25, 0.3) is 0 Å². The summed E-state index contributed by atoms with van der Waals surface area (Å²) in [6.45, 7) is 5.55. The van der Waals surface area contributed by atoms with Crippen LogP contribution in [-0.2, 0) is 0 Å². The van der Waals surface area contributed by atoms with E-state index in [4.69, 9.17) is 0 Å². The number of hydrogen-bond donors (Lipinski definition) is 1. The van der Waals surface area contributed by atoms with Gasteiger partial charge in [0.2, 0.25) is 0 Å². The Morgan fingerprint density at radius 1 is 1.80 bits per heavy atom. The van der Waals surface area contributed by atoms with E-state index in [-0.39, 0.29) is 0 Å². The Morgan fingerprint density at radius 3 is 2.90 bits per heavy atom. The Bertz CT molecular complexity index is 166. The summed E-state index contributed by atoms with van der Waals surface area (Å²) in [4.78, 5) is 0. The monoisotopic (exact) mass is 138 g/mol. The van der Waals surface area contributed by atoms with Gasteiger partial charge in [-0.1, -0.05) is 18.7 Å². The summed E-state index contributed by atoms with van der Waals surface area (Å²) < 4.78 is 0. The normalized spacial score (nSPS) is 33.2. The van der Waals surface area contributed by atoms with Gasteiger partial charge < -0.3 is 5.11 Å². The van der Waals surface area contributed by atoms with Gasteiger partial charge in [-0.3, -0.25) is 0 Å². The van der Waals surface area contributed by atoms with E-state index in [2.05, 4.69) is 12.7 Å². The third-order valence-corrected chi connectivity index (χ3v) is 1.94. The molecule has 0 heterocycles. The van der Waals surface area contributed by atoms with E-state index in [9.17, 15) is 5.11 Å². The number of aliphatic hydroxyl groups is 1. The molecule has 1 heteroatoms. The predicted octanol–water partition coefficient (Wildman–Crippen LogP) is 2.03. The van der Waals surface area contributed by atoms with Crippen LogP contribution < -0.4 is 0 Å². The molecular weight excluding hydrogens is 124 g/mol. The van der Waals surface area contributed by atoms with Gasteiger partial charge in [-0.2, -0.15) is 0 Å². The van der Waals surface area contributed by atoms with E-state index in [1.54, 1.807) is 0 Å². The molecule has 1 atom stereocenters. The molecule has 10 heavy (non-hydrogen) atoms. The molecule has 0 aliphatic heterocycles. The van der Waals surface area contributed by atoms with Crippen molar-refractivity contribution in [3.05, 3.63) is 24.3 Å². The molecule has 0 aromatic rings. The lowest BCUT2D eigenvalue weighted by atomic mass is 9.86. The summed E-state index contributed by atoms with van der Waals surface area (Å²) in [6, 6.07) is 0. The van der Waals surface area contributed by atoms with Crippen LogP contribution in [-0.4, -0.2) is 10.7 Å². The van der Waals surface area contributed by atoms with Gasteiger partial charge in [0.1, 0.15) is 0 Å². The molecule has 0 aromatic heterocycles. The molecule has 0 amide bonds. The van der Waals surface area contributed by atoms with Crippen molar-refractivity contribution in [3.8, 4) is 0 Å². The lowest BCUT2D eigenvalue weighted by Crippen LogP contribution is -2.26. The van der Waals surface area contributed by atoms with Crippen molar-refractivity contribution in [2.45, 2.75) is 31.8 Å². The molecule has 1 N–H and O–H groups in total. The molecule has 0 bridgehead atoms. The first kappa shape index (κ1) is 7.55. The first-order valence-electron chi connectivity index (χ1n) is 3.68. The summed E-state index contributed by atoms with van der Waals surface area (Å²) in [6.07, 6.45) is 6.59. The quantitative estimate of drug-likeness (QED) is 0.588. The maximum absolute atomic E-state index is 9.59. The molecule has 0 saturated heterocycles. The van der Waals surface area contributed by atoms with Gasteiger partial charge in [0.25, 0.3) is 0 Å². The lowest BCUT2D eigenvalue weighted by Gasteiger charge is -2.26. The van der Waals surface area contributed by atoms with Crippen LogP contribution in [0, 0.1) is 0 Å². The maximum Gasteiger partial charge on any atom is 0.0662 e. The molecule has 1 unspecified atom stereocenters. The second-order valence-corrected chi connectivity index (χ2v) is 3.20. The molecule has 0 fully saturated rings. The molecule has 0 saturated carbocycles. The zero-order valence-electron chi connectivity index (χ0n) is 6.43. The second-order valence-electron chi connectivity index (χ2n) is 3.20. The van der Waals surface area contributed by atoms with Crippen molar-refractivity contribution in [1.82, 2.24) is 0 Å². The lowest BCUT2D eigenvalue weighted by molar-refractivity contribution is 0.0487. The first-order valence-corrected chi connectivity index (χ1v) is 3.68. The zero-order valence-corrected chi connectivity index (χ0v) is 6.43. The van der Waals surface area contributed by atoms with Crippen molar-refractivity contribution in [2.75, 3.05) is 0 Å². The van der Waals surface area contributed by atoms with Gasteiger partial charge >= 0.3 is 0 Å². The number of allylic oxidation sites excluding steroid dienone is 2. The van der Waals surface area contributed by atoms with Crippen molar-refractivity contribution in [2.24, 2.45) is 0 Å². The van der Waals surface area contributed by atoms with Crippen molar-refractivity contribution in [3.63, 3.8) is 0 Å². The van der Waals surface area contributed by atoms with Gasteiger partial charge in [0.05, 0.1) is 5.60 Å². The summed E-state index contributed by atoms with van der Waals surface area (Å²) in [5, 5.41) is 9.59. The van der Waals surface area contributed by atoms with Crippen molar-refractivity contribution >= 4 is 0 Å². The fraction of sp³-hybridized carbons (Fsp3) is 0.556. The summed E-state index contributed by atoms with van der Waals surface area (Å²) in [7, 11) is 0. The fourth-order valence-electron chi connectivity index (χ4n) is 1.32. The van der Waals surface area contributed by atoms with Gasteiger partial charge in [-0.05, 0) is 25.3 Å². The summed E-state index contributed by atoms with van der Waals surface area (Å²) in [5.41, 5.74) is 0.689. The minimum atomic E-state index is -0.488. The summed E-state index contributed by atoms with van der Waals surface area (Å²) >= 11 is 0. The topological polar surface area (TPSA) is 20.2 Å². The van der Waals surface area contributed by atoms with Gasteiger partial charge in [0.15, 0.2) is 0 Å². The molecule has 1 nitrogen and oxygen atoms in total. The van der Waals surface area contributed by atoms with E-state index in [1.165, 1.54) is 5.57 Å². The third kappa shape index (κ3) is 1.71. The van der Waals surface area contributed by atoms with Gasteiger partial charge in [-0.15, -0.1) is 0 Å². The Kier molecular flexibility index (Phi) is 1.95. The zero-order chi connectivity index (χ0) is 7.61. The van der Waals surface area contributed by atoms with Crippen molar-refractivity contribution in [1.29, 1.82) is 0 Å². The predicted molar refractivity (Wildman–Crippen MR) is 42.8 cm³/mol. The minimum absolute atomic E-state index is 0.488. The van der Waals surface area contributed by atoms with E-state index >= 15 is 0 Å². The first-order chi connectivity index (χ1) is 4.64. The van der Waals surface area contributed by atoms with E-state index in [0.717, 1.165) is 19.3 Å². The highest BCUT2D eigenvalue weighted by molar-refractivity contribution is 5.21. The Morgan fingerprint density at radius 2 is 2.50 bits per heavy atom. The Balaban J connectivity index is 2.65. The largest absolute Gasteiger partial charge is 0.390 e. The smallest absolute Gasteiger partial charge is 0.0662 e. The number of rotatable bonds is 1. The van der Waals surface area contributed by atoms with Crippen LogP contribution in [0.4, 0.5) is 0 Å². The van der Waals surface area contributed by atoms with Crippen LogP contribution in [0.3, 0.4) is 0 Å². The van der Waals surface area contributed by atoms with Gasteiger partial charge in [-0.25, -0.2) is 0 Å². The van der Waals surface area contributed by atoms with Crippen LogP contribution in [0.5, 0.6) is 0 Å². The molecule has 1 aliphatic carbocycles. The average Bonchev–Trinajstić information content (AvgIpc) is 1.86. The Hall–Kier alpha value is -0.560. The maximum atomic E-state index is 9.59. The SMILES string of the molecule is C=CC1=CCCC(C)(O)C1.